The third kappa shape index (κ3) is 4.91. The van der Waals surface area contributed by atoms with E-state index in [-0.39, 0.29) is 0 Å². The number of hydrogen-bond donors (Lipinski definition) is 2. The zero-order chi connectivity index (χ0) is 15.8. The van der Waals surface area contributed by atoms with Crippen LogP contribution < -0.4 is 10.6 Å². The molecule has 0 unspecified atom stereocenters. The molecule has 5 nitrogen and oxygen atoms in total. The lowest BCUT2D eigenvalue weighted by molar-refractivity contribution is 0.597. The second-order valence-electron chi connectivity index (χ2n) is 5.33. The fourth-order valence-electron chi connectivity index (χ4n) is 2.17. The summed E-state index contributed by atoms with van der Waals surface area (Å²) in [6.07, 6.45) is 3.91. The molecule has 0 aliphatic rings. The number of guanidine groups is 1. The zero-order valence-corrected chi connectivity index (χ0v) is 13.6. The molecule has 0 amide bonds. The van der Waals surface area contributed by atoms with E-state index < -0.39 is 0 Å². The molecule has 118 valence electrons. The lowest BCUT2D eigenvalue weighted by Gasteiger charge is -2.11. The van der Waals surface area contributed by atoms with Gasteiger partial charge >= 0.3 is 0 Å². The average Bonchev–Trinajstić information content (AvgIpc) is 2.92. The van der Waals surface area contributed by atoms with Crippen molar-refractivity contribution in [1.82, 2.24) is 20.4 Å². The molecule has 0 aliphatic carbocycles. The molecule has 0 spiro atoms. The first-order chi connectivity index (χ1) is 10.7. The molecule has 1 aromatic heterocycles. The summed E-state index contributed by atoms with van der Waals surface area (Å²) in [6, 6.07) is 8.34. The third-order valence-corrected chi connectivity index (χ3v) is 3.41. The lowest BCUT2D eigenvalue weighted by Crippen LogP contribution is -2.38. The molecule has 0 saturated carbocycles. The SMILES string of the molecule is CCNC(=NCc1ccccc1C)NCCn1cc(C)cn1. The van der Waals surface area contributed by atoms with Crippen LogP contribution in [0.2, 0.25) is 0 Å². The van der Waals surface area contributed by atoms with Crippen molar-refractivity contribution in [3.05, 3.63) is 53.3 Å². The number of hydrogen-bond acceptors (Lipinski definition) is 2. The predicted octanol–water partition coefficient (Wildman–Crippen LogP) is 2.26. The van der Waals surface area contributed by atoms with E-state index in [1.165, 1.54) is 16.7 Å². The number of nitrogens with zero attached hydrogens (tertiary/aromatic N) is 3. The van der Waals surface area contributed by atoms with Gasteiger partial charge in [0.1, 0.15) is 0 Å². The summed E-state index contributed by atoms with van der Waals surface area (Å²) in [5.74, 6) is 0.842. The van der Waals surface area contributed by atoms with Gasteiger partial charge in [0, 0.05) is 19.3 Å². The molecular formula is C17H25N5. The Morgan fingerprint density at radius 1 is 1.23 bits per heavy atom. The van der Waals surface area contributed by atoms with E-state index in [0.29, 0.717) is 6.54 Å². The second-order valence-corrected chi connectivity index (χ2v) is 5.33. The van der Waals surface area contributed by atoms with Crippen LogP contribution in [0.25, 0.3) is 0 Å². The molecule has 1 heterocycles. The normalized spacial score (nSPS) is 11.5. The van der Waals surface area contributed by atoms with Crippen molar-refractivity contribution < 1.29 is 0 Å². The van der Waals surface area contributed by atoms with Crippen molar-refractivity contribution in [2.75, 3.05) is 13.1 Å². The first kappa shape index (κ1) is 16.1. The van der Waals surface area contributed by atoms with Crippen molar-refractivity contribution in [3.63, 3.8) is 0 Å². The summed E-state index contributed by atoms with van der Waals surface area (Å²) in [5, 5.41) is 10.9. The maximum absolute atomic E-state index is 4.65. The highest BCUT2D eigenvalue weighted by Gasteiger charge is 2.00. The molecule has 2 rings (SSSR count). The van der Waals surface area contributed by atoms with Gasteiger partial charge in [0.25, 0.3) is 0 Å². The van der Waals surface area contributed by atoms with Crippen LogP contribution in [0.15, 0.2) is 41.7 Å². The van der Waals surface area contributed by atoms with E-state index in [9.17, 15) is 0 Å². The summed E-state index contributed by atoms with van der Waals surface area (Å²) >= 11 is 0. The van der Waals surface area contributed by atoms with Crippen LogP contribution in [0, 0.1) is 13.8 Å². The quantitative estimate of drug-likeness (QED) is 0.635. The molecular weight excluding hydrogens is 274 g/mol. The molecule has 1 aromatic carbocycles. The number of benzene rings is 1. The maximum atomic E-state index is 4.65. The standard InChI is InChI=1S/C17H25N5/c1-4-18-17(19-9-10-22-13-14(2)11-21-22)20-12-16-8-6-5-7-15(16)3/h5-8,11,13H,4,9-10,12H2,1-3H3,(H2,18,19,20). The minimum absolute atomic E-state index is 0.683. The Morgan fingerprint density at radius 2 is 2.05 bits per heavy atom. The monoisotopic (exact) mass is 299 g/mol. The van der Waals surface area contributed by atoms with Gasteiger partial charge in [0.2, 0.25) is 0 Å². The summed E-state index contributed by atoms with van der Waals surface area (Å²) in [6.45, 7) is 9.38. The fraction of sp³-hybridized carbons (Fsp3) is 0.412. The van der Waals surface area contributed by atoms with E-state index in [4.69, 9.17) is 0 Å². The van der Waals surface area contributed by atoms with Gasteiger partial charge in [0.15, 0.2) is 5.96 Å². The Hall–Kier alpha value is -2.30. The molecule has 5 heteroatoms. The first-order valence-electron chi connectivity index (χ1n) is 7.74. The third-order valence-electron chi connectivity index (χ3n) is 3.41. The Balaban J connectivity index is 1.88. The van der Waals surface area contributed by atoms with Gasteiger partial charge in [-0.15, -0.1) is 0 Å². The van der Waals surface area contributed by atoms with Crippen molar-refractivity contribution >= 4 is 5.96 Å². The minimum atomic E-state index is 0.683. The molecule has 0 fully saturated rings. The van der Waals surface area contributed by atoms with Gasteiger partial charge in [-0.2, -0.15) is 5.10 Å². The predicted molar refractivity (Wildman–Crippen MR) is 91.0 cm³/mol. The largest absolute Gasteiger partial charge is 0.357 e. The Bertz CT molecular complexity index is 615. The highest BCUT2D eigenvalue weighted by molar-refractivity contribution is 5.79. The number of aromatic nitrogens is 2. The molecule has 2 aromatic rings. The summed E-state index contributed by atoms with van der Waals surface area (Å²) in [4.78, 5) is 4.65. The Kier molecular flexibility index (Phi) is 6.01. The molecule has 2 N–H and O–H groups in total. The van der Waals surface area contributed by atoms with E-state index in [1.807, 2.05) is 24.0 Å². The summed E-state index contributed by atoms with van der Waals surface area (Å²) in [7, 11) is 0. The van der Waals surface area contributed by atoms with E-state index in [1.54, 1.807) is 0 Å². The maximum Gasteiger partial charge on any atom is 0.191 e. The van der Waals surface area contributed by atoms with E-state index >= 15 is 0 Å². The van der Waals surface area contributed by atoms with Crippen LogP contribution in [0.4, 0.5) is 0 Å². The van der Waals surface area contributed by atoms with Gasteiger partial charge in [0.05, 0.1) is 19.3 Å². The van der Waals surface area contributed by atoms with E-state index in [0.717, 1.165) is 25.6 Å². The van der Waals surface area contributed by atoms with Crippen molar-refractivity contribution in [2.45, 2.75) is 33.9 Å². The van der Waals surface area contributed by atoms with Crippen LogP contribution >= 0.6 is 0 Å². The summed E-state index contributed by atoms with van der Waals surface area (Å²) in [5.41, 5.74) is 3.71. The van der Waals surface area contributed by atoms with Gasteiger partial charge in [-0.3, -0.25) is 4.68 Å². The molecule has 0 atom stereocenters. The highest BCUT2D eigenvalue weighted by Crippen LogP contribution is 2.07. The minimum Gasteiger partial charge on any atom is -0.357 e. The van der Waals surface area contributed by atoms with Gasteiger partial charge < -0.3 is 10.6 Å². The number of aliphatic imine (C=N–C) groups is 1. The van der Waals surface area contributed by atoms with Crippen LogP contribution in [0.3, 0.4) is 0 Å². The number of nitrogens with one attached hydrogen (secondary N) is 2. The molecule has 0 saturated heterocycles. The lowest BCUT2D eigenvalue weighted by atomic mass is 10.1. The van der Waals surface area contributed by atoms with Crippen LogP contribution in [-0.4, -0.2) is 28.8 Å². The Labute approximate surface area is 132 Å². The zero-order valence-electron chi connectivity index (χ0n) is 13.6. The van der Waals surface area contributed by atoms with Crippen molar-refractivity contribution in [3.8, 4) is 0 Å². The molecule has 0 bridgehead atoms. The fourth-order valence-corrected chi connectivity index (χ4v) is 2.17. The average molecular weight is 299 g/mol. The van der Waals surface area contributed by atoms with Crippen molar-refractivity contribution in [1.29, 1.82) is 0 Å². The van der Waals surface area contributed by atoms with Crippen molar-refractivity contribution in [2.24, 2.45) is 4.99 Å². The summed E-state index contributed by atoms with van der Waals surface area (Å²) < 4.78 is 1.94. The topological polar surface area (TPSA) is 54.2 Å². The smallest absolute Gasteiger partial charge is 0.191 e. The first-order valence-corrected chi connectivity index (χ1v) is 7.74. The highest BCUT2D eigenvalue weighted by atomic mass is 15.3. The van der Waals surface area contributed by atoms with Crippen LogP contribution in [0.1, 0.15) is 23.6 Å². The van der Waals surface area contributed by atoms with Gasteiger partial charge in [-0.05, 0) is 37.5 Å². The molecule has 0 aliphatic heterocycles. The molecule has 22 heavy (non-hydrogen) atoms. The molecule has 0 radical (unpaired) electrons. The van der Waals surface area contributed by atoms with Gasteiger partial charge in [-0.25, -0.2) is 4.99 Å². The van der Waals surface area contributed by atoms with Crippen LogP contribution in [0.5, 0.6) is 0 Å². The second kappa shape index (κ2) is 8.22. The van der Waals surface area contributed by atoms with Gasteiger partial charge in [-0.1, -0.05) is 24.3 Å². The van der Waals surface area contributed by atoms with E-state index in [2.05, 4.69) is 58.8 Å². The number of rotatable bonds is 6. The number of aryl methyl sites for hydroxylation is 2. The Morgan fingerprint density at radius 3 is 2.73 bits per heavy atom. The van der Waals surface area contributed by atoms with Crippen LogP contribution in [-0.2, 0) is 13.1 Å².